The van der Waals surface area contributed by atoms with Crippen LogP contribution in [0.4, 0.5) is 0 Å². The molecule has 1 atom stereocenters. The molecule has 1 aromatic heterocycles. The number of benzene rings is 2. The third-order valence-corrected chi connectivity index (χ3v) is 10.3. The summed E-state index contributed by atoms with van der Waals surface area (Å²) in [6.07, 6.45) is 12.3. The lowest BCUT2D eigenvalue weighted by atomic mass is 9.49. The summed E-state index contributed by atoms with van der Waals surface area (Å²) in [4.78, 5) is 23.9. The van der Waals surface area contributed by atoms with Crippen molar-refractivity contribution in [1.82, 2.24) is 19.4 Å². The predicted octanol–water partition coefficient (Wildman–Crippen LogP) is 5.80. The van der Waals surface area contributed by atoms with E-state index in [1.165, 1.54) is 30.5 Å². The molecule has 1 amide bonds. The molecule has 5 fully saturated rings. The number of aromatic nitrogens is 2. The Kier molecular flexibility index (Phi) is 6.71. The Morgan fingerprint density at radius 3 is 2.27 bits per heavy atom. The van der Waals surface area contributed by atoms with Crippen LogP contribution >= 0.6 is 0 Å². The fourth-order valence-electron chi connectivity index (χ4n) is 8.81. The summed E-state index contributed by atoms with van der Waals surface area (Å²) < 4.78 is 2.21. The maximum atomic E-state index is 14.6. The van der Waals surface area contributed by atoms with Gasteiger partial charge < -0.3 is 9.47 Å². The molecular formula is C34H39N5O. The number of imidazole rings is 1. The SMILES string of the molecule is N#Cc1ccc(Cn2cncc2CN2CCC(c3ccccc3)N(C(=O)C34CC5CC(CC(C5)C3)C4)CC2)cc1. The Hall–Kier alpha value is -3.43. The summed E-state index contributed by atoms with van der Waals surface area (Å²) in [6.45, 7) is 4.16. The van der Waals surface area contributed by atoms with Gasteiger partial charge in [0.2, 0.25) is 5.91 Å². The molecule has 1 aliphatic heterocycles. The molecule has 4 bridgehead atoms. The number of carbonyl (C=O) groups is 1. The van der Waals surface area contributed by atoms with Crippen LogP contribution in [-0.4, -0.2) is 44.9 Å². The van der Waals surface area contributed by atoms with E-state index < -0.39 is 0 Å². The normalized spacial score (nSPS) is 29.7. The molecule has 6 heteroatoms. The van der Waals surface area contributed by atoms with Gasteiger partial charge in [-0.25, -0.2) is 4.98 Å². The third-order valence-electron chi connectivity index (χ3n) is 10.3. The van der Waals surface area contributed by atoms with Crippen LogP contribution < -0.4 is 0 Å². The number of hydrogen-bond donors (Lipinski definition) is 0. The van der Waals surface area contributed by atoms with Crippen LogP contribution in [0.15, 0.2) is 67.1 Å². The van der Waals surface area contributed by atoms with Gasteiger partial charge in [-0.3, -0.25) is 9.69 Å². The monoisotopic (exact) mass is 533 g/mol. The molecule has 206 valence electrons. The lowest BCUT2D eigenvalue weighted by Crippen LogP contribution is -2.55. The Morgan fingerprint density at radius 1 is 0.900 bits per heavy atom. The Balaban J connectivity index is 1.10. The second kappa shape index (κ2) is 10.5. The molecule has 1 unspecified atom stereocenters. The van der Waals surface area contributed by atoms with Crippen molar-refractivity contribution >= 4 is 5.91 Å². The van der Waals surface area contributed by atoms with Gasteiger partial charge in [-0.1, -0.05) is 42.5 Å². The number of nitrogens with zero attached hydrogens (tertiary/aromatic N) is 5. The predicted molar refractivity (Wildman–Crippen MR) is 154 cm³/mol. The topological polar surface area (TPSA) is 65.2 Å². The van der Waals surface area contributed by atoms with E-state index in [0.29, 0.717) is 11.5 Å². The lowest BCUT2D eigenvalue weighted by Gasteiger charge is -2.57. The zero-order chi connectivity index (χ0) is 27.1. The third kappa shape index (κ3) is 4.86. The first-order valence-electron chi connectivity index (χ1n) is 15.1. The molecule has 4 aliphatic carbocycles. The first-order valence-corrected chi connectivity index (χ1v) is 15.1. The van der Waals surface area contributed by atoms with Gasteiger partial charge in [0.05, 0.1) is 35.1 Å². The average Bonchev–Trinajstić information content (AvgIpc) is 3.28. The van der Waals surface area contributed by atoms with Gasteiger partial charge in [0.25, 0.3) is 0 Å². The van der Waals surface area contributed by atoms with Gasteiger partial charge in [-0.05, 0) is 86.0 Å². The van der Waals surface area contributed by atoms with Gasteiger partial charge in [-0.15, -0.1) is 0 Å². The minimum Gasteiger partial charge on any atom is -0.334 e. The van der Waals surface area contributed by atoms with Crippen molar-refractivity contribution in [2.24, 2.45) is 23.2 Å². The maximum Gasteiger partial charge on any atom is 0.229 e. The summed E-state index contributed by atoms with van der Waals surface area (Å²) in [5, 5.41) is 9.11. The van der Waals surface area contributed by atoms with Crippen molar-refractivity contribution in [3.8, 4) is 6.07 Å². The first kappa shape index (κ1) is 25.5. The Labute approximate surface area is 237 Å². The number of carbonyl (C=O) groups excluding carboxylic acids is 1. The van der Waals surface area contributed by atoms with Crippen LogP contribution in [-0.2, 0) is 17.9 Å². The molecule has 0 radical (unpaired) electrons. The van der Waals surface area contributed by atoms with E-state index in [4.69, 9.17) is 5.26 Å². The van der Waals surface area contributed by atoms with Crippen molar-refractivity contribution in [1.29, 1.82) is 5.26 Å². The molecule has 6 nitrogen and oxygen atoms in total. The number of nitriles is 1. The van der Waals surface area contributed by atoms with E-state index in [1.807, 2.05) is 36.8 Å². The summed E-state index contributed by atoms with van der Waals surface area (Å²) >= 11 is 0. The number of amides is 1. The molecule has 3 aromatic rings. The molecule has 2 heterocycles. The second-order valence-electron chi connectivity index (χ2n) is 13.0. The highest BCUT2D eigenvalue weighted by atomic mass is 16.2. The number of rotatable bonds is 6. The minimum absolute atomic E-state index is 0.114. The quantitative estimate of drug-likeness (QED) is 0.402. The van der Waals surface area contributed by atoms with Crippen molar-refractivity contribution in [2.75, 3.05) is 19.6 Å². The van der Waals surface area contributed by atoms with Gasteiger partial charge in [0.1, 0.15) is 0 Å². The van der Waals surface area contributed by atoms with Crippen molar-refractivity contribution in [3.63, 3.8) is 0 Å². The highest BCUT2D eigenvalue weighted by molar-refractivity contribution is 5.84. The van der Waals surface area contributed by atoms with Crippen molar-refractivity contribution < 1.29 is 4.79 Å². The fourth-order valence-corrected chi connectivity index (χ4v) is 8.81. The molecule has 2 aromatic carbocycles. The van der Waals surface area contributed by atoms with Crippen LogP contribution in [0.25, 0.3) is 0 Å². The minimum atomic E-state index is -0.114. The summed E-state index contributed by atoms with van der Waals surface area (Å²) in [6, 6.07) is 20.9. The van der Waals surface area contributed by atoms with Crippen LogP contribution in [0, 0.1) is 34.5 Å². The Bertz CT molecular complexity index is 1350. The van der Waals surface area contributed by atoms with Crippen molar-refractivity contribution in [3.05, 3.63) is 89.5 Å². The standard InChI is InChI=1S/C34H39N5O/c35-20-25-6-8-26(9-7-25)22-38-24-36-21-31(38)23-37-11-10-32(30-4-2-1-3-5-30)39(13-12-37)33(40)34-17-27-14-28(18-34)16-29(15-27)19-34/h1-9,21,24,27-29,32H,10-19,22-23H2. The zero-order valence-electron chi connectivity index (χ0n) is 23.3. The largest absolute Gasteiger partial charge is 0.334 e. The van der Waals surface area contributed by atoms with E-state index in [9.17, 15) is 4.79 Å². The summed E-state index contributed by atoms with van der Waals surface area (Å²) in [7, 11) is 0. The maximum absolute atomic E-state index is 14.6. The smallest absolute Gasteiger partial charge is 0.229 e. The fraction of sp³-hybridized carbons (Fsp3) is 0.500. The molecule has 0 spiro atoms. The van der Waals surface area contributed by atoms with E-state index >= 15 is 0 Å². The van der Waals surface area contributed by atoms with Crippen molar-refractivity contribution in [2.45, 2.75) is 64.1 Å². The number of hydrogen-bond acceptors (Lipinski definition) is 4. The van der Waals surface area contributed by atoms with Crippen LogP contribution in [0.1, 0.15) is 73.4 Å². The van der Waals surface area contributed by atoms with E-state index in [0.717, 1.165) is 81.7 Å². The van der Waals surface area contributed by atoms with Crippen LogP contribution in [0.2, 0.25) is 0 Å². The molecule has 5 aliphatic rings. The molecular weight excluding hydrogens is 494 g/mol. The molecule has 4 saturated carbocycles. The molecule has 1 saturated heterocycles. The molecule has 0 N–H and O–H groups in total. The van der Waals surface area contributed by atoms with Gasteiger partial charge in [-0.2, -0.15) is 5.26 Å². The van der Waals surface area contributed by atoms with Crippen LogP contribution in [0.5, 0.6) is 0 Å². The van der Waals surface area contributed by atoms with Gasteiger partial charge in [0, 0.05) is 38.9 Å². The molecule has 40 heavy (non-hydrogen) atoms. The van der Waals surface area contributed by atoms with E-state index in [2.05, 4.69) is 55.8 Å². The van der Waals surface area contributed by atoms with Crippen LogP contribution in [0.3, 0.4) is 0 Å². The van der Waals surface area contributed by atoms with Gasteiger partial charge in [0.15, 0.2) is 0 Å². The first-order chi connectivity index (χ1) is 19.6. The highest BCUT2D eigenvalue weighted by Crippen LogP contribution is 2.61. The zero-order valence-corrected chi connectivity index (χ0v) is 23.3. The Morgan fingerprint density at radius 2 is 1.60 bits per heavy atom. The van der Waals surface area contributed by atoms with E-state index in [-0.39, 0.29) is 11.5 Å². The molecule has 8 rings (SSSR count). The summed E-state index contributed by atoms with van der Waals surface area (Å²) in [5.74, 6) is 2.76. The highest BCUT2D eigenvalue weighted by Gasteiger charge is 2.56. The average molecular weight is 534 g/mol. The lowest BCUT2D eigenvalue weighted by molar-refractivity contribution is -0.160. The van der Waals surface area contributed by atoms with E-state index in [1.54, 1.807) is 0 Å². The van der Waals surface area contributed by atoms with Gasteiger partial charge >= 0.3 is 0 Å². The summed E-state index contributed by atoms with van der Waals surface area (Å²) in [5.41, 5.74) is 4.18. The second-order valence-corrected chi connectivity index (χ2v) is 13.0.